The van der Waals surface area contributed by atoms with Gasteiger partial charge in [-0.2, -0.15) is 0 Å². The van der Waals surface area contributed by atoms with Gasteiger partial charge in [-0.25, -0.2) is 0 Å². The summed E-state index contributed by atoms with van der Waals surface area (Å²) in [5, 5.41) is 10.1. The van der Waals surface area contributed by atoms with Crippen LogP contribution in [0.5, 0.6) is 0 Å². The molecular formula is C18H17ClO3S. The van der Waals surface area contributed by atoms with Gasteiger partial charge >= 0.3 is 5.97 Å². The number of rotatable bonds is 5. The summed E-state index contributed by atoms with van der Waals surface area (Å²) in [6.07, 6.45) is 0.317. The quantitative estimate of drug-likeness (QED) is 0.828. The third-order valence-corrected chi connectivity index (χ3v) is 5.36. The van der Waals surface area contributed by atoms with E-state index in [2.05, 4.69) is 0 Å². The normalized spacial score (nSPS) is 13.3. The maximum Gasteiger partial charge on any atom is 0.324 e. The van der Waals surface area contributed by atoms with Crippen molar-refractivity contribution in [3.05, 3.63) is 59.1 Å². The number of carbonyl (C=O) groups excluding carboxylic acids is 1. The van der Waals surface area contributed by atoms with Crippen molar-refractivity contribution in [2.45, 2.75) is 25.0 Å². The van der Waals surface area contributed by atoms with Crippen LogP contribution in [-0.2, 0) is 14.3 Å². The lowest BCUT2D eigenvalue weighted by molar-refractivity contribution is -0.140. The number of hydrogen-bond donors (Lipinski definition) is 1. The third-order valence-electron chi connectivity index (χ3n) is 3.70. The van der Waals surface area contributed by atoms with Crippen molar-refractivity contribution < 1.29 is 14.7 Å². The highest BCUT2D eigenvalue weighted by Crippen LogP contribution is 2.41. The van der Waals surface area contributed by atoms with E-state index in [-0.39, 0.29) is 5.12 Å². The van der Waals surface area contributed by atoms with Crippen molar-refractivity contribution in [3.63, 3.8) is 0 Å². The summed E-state index contributed by atoms with van der Waals surface area (Å²) in [6.45, 7) is 3.15. The first-order chi connectivity index (χ1) is 10.9. The summed E-state index contributed by atoms with van der Waals surface area (Å²) in [5.41, 5.74) is 2.39. The van der Waals surface area contributed by atoms with Gasteiger partial charge in [-0.15, -0.1) is 0 Å². The summed E-state index contributed by atoms with van der Waals surface area (Å²) in [6, 6.07) is 14.7. The molecule has 2 aromatic carbocycles. The molecule has 0 saturated carbocycles. The fourth-order valence-electron chi connectivity index (χ4n) is 2.51. The number of carbonyl (C=O) groups is 2. The summed E-state index contributed by atoms with van der Waals surface area (Å²) < 4.78 is -1.26. The number of benzene rings is 2. The maximum atomic E-state index is 11.8. The Kier molecular flexibility index (Phi) is 5.50. The highest BCUT2D eigenvalue weighted by Gasteiger charge is 2.41. The first kappa shape index (κ1) is 17.6. The first-order valence-electron chi connectivity index (χ1n) is 7.19. The topological polar surface area (TPSA) is 54.4 Å². The van der Waals surface area contributed by atoms with Crippen LogP contribution in [0.25, 0.3) is 11.1 Å². The number of hydrogen-bond acceptors (Lipinski definition) is 3. The lowest BCUT2D eigenvalue weighted by atomic mass is 9.93. The average molecular weight is 349 g/mol. The van der Waals surface area contributed by atoms with Gasteiger partial charge in [0, 0.05) is 17.5 Å². The summed E-state index contributed by atoms with van der Waals surface area (Å²) in [7, 11) is 0. The van der Waals surface area contributed by atoms with Crippen LogP contribution in [0.15, 0.2) is 48.5 Å². The van der Waals surface area contributed by atoms with Gasteiger partial charge in [-0.1, -0.05) is 72.8 Å². The molecule has 120 valence electrons. The summed E-state index contributed by atoms with van der Waals surface area (Å²) >= 11 is 7.04. The molecule has 0 fully saturated rings. The van der Waals surface area contributed by atoms with Crippen molar-refractivity contribution >= 4 is 34.4 Å². The third kappa shape index (κ3) is 3.59. The van der Waals surface area contributed by atoms with E-state index in [0.717, 1.165) is 22.9 Å². The number of carboxylic acids is 1. The Labute approximate surface area is 144 Å². The molecular weight excluding hydrogens is 332 g/mol. The molecule has 0 bridgehead atoms. The minimum atomic E-state index is -1.26. The SMILES string of the molecule is CCC(SC(C)=O)(C(=O)O)c1ccc(-c2ccccc2Cl)cc1. The van der Waals surface area contributed by atoms with Crippen molar-refractivity contribution in [1.29, 1.82) is 0 Å². The zero-order valence-corrected chi connectivity index (χ0v) is 14.4. The van der Waals surface area contributed by atoms with E-state index in [1.54, 1.807) is 19.1 Å². The molecule has 3 nitrogen and oxygen atoms in total. The van der Waals surface area contributed by atoms with Crippen molar-refractivity contribution in [2.75, 3.05) is 0 Å². The van der Waals surface area contributed by atoms with Gasteiger partial charge in [0.15, 0.2) is 5.12 Å². The Morgan fingerprint density at radius 1 is 1.13 bits per heavy atom. The standard InChI is InChI=1S/C18H17ClO3S/c1-3-18(17(21)22,23-12(2)20)14-10-8-13(9-11-14)15-6-4-5-7-16(15)19/h4-11H,3H2,1-2H3,(H,21,22). The Morgan fingerprint density at radius 3 is 2.22 bits per heavy atom. The van der Waals surface area contributed by atoms with Crippen molar-refractivity contribution in [2.24, 2.45) is 0 Å². The van der Waals surface area contributed by atoms with Crippen LogP contribution in [0.1, 0.15) is 25.8 Å². The molecule has 23 heavy (non-hydrogen) atoms. The smallest absolute Gasteiger partial charge is 0.324 e. The second-order valence-corrected chi connectivity index (χ2v) is 7.02. The van der Waals surface area contributed by atoms with Crippen molar-refractivity contribution in [1.82, 2.24) is 0 Å². The Bertz CT molecular complexity index is 727. The predicted octanol–water partition coefficient (Wildman–Crippen LogP) is 4.98. The van der Waals surface area contributed by atoms with Crippen LogP contribution in [0.3, 0.4) is 0 Å². The molecule has 5 heteroatoms. The van der Waals surface area contributed by atoms with E-state index in [4.69, 9.17) is 11.6 Å². The molecule has 0 heterocycles. The fourth-order valence-corrected chi connectivity index (χ4v) is 3.73. The van der Waals surface area contributed by atoms with E-state index >= 15 is 0 Å². The number of aliphatic carboxylic acids is 1. The molecule has 0 radical (unpaired) electrons. The van der Waals surface area contributed by atoms with Gasteiger partial charge < -0.3 is 5.11 Å². The van der Waals surface area contributed by atoms with E-state index in [0.29, 0.717) is 17.0 Å². The second-order valence-electron chi connectivity index (χ2n) is 5.14. The molecule has 0 saturated heterocycles. The van der Waals surface area contributed by atoms with Gasteiger partial charge in [0.25, 0.3) is 0 Å². The summed E-state index contributed by atoms with van der Waals surface area (Å²) in [5.74, 6) is -1.01. The Morgan fingerprint density at radius 2 is 1.74 bits per heavy atom. The van der Waals surface area contributed by atoms with E-state index < -0.39 is 10.7 Å². The minimum absolute atomic E-state index is 0.218. The summed E-state index contributed by atoms with van der Waals surface area (Å²) in [4.78, 5) is 23.3. The lowest BCUT2D eigenvalue weighted by Gasteiger charge is -2.27. The van der Waals surface area contributed by atoms with Gasteiger partial charge in [0.1, 0.15) is 4.75 Å². The molecule has 1 atom stereocenters. The van der Waals surface area contributed by atoms with Crippen LogP contribution in [0, 0.1) is 0 Å². The first-order valence-corrected chi connectivity index (χ1v) is 8.38. The van der Waals surface area contributed by atoms with E-state index in [1.165, 1.54) is 6.92 Å². The molecule has 0 amide bonds. The van der Waals surface area contributed by atoms with Gasteiger partial charge in [-0.3, -0.25) is 9.59 Å². The fraction of sp³-hybridized carbons (Fsp3) is 0.222. The molecule has 0 aromatic heterocycles. The van der Waals surface area contributed by atoms with Crippen LogP contribution >= 0.6 is 23.4 Å². The predicted molar refractivity (Wildman–Crippen MR) is 94.8 cm³/mol. The number of thioether (sulfide) groups is 1. The molecule has 2 aromatic rings. The zero-order valence-electron chi connectivity index (χ0n) is 12.9. The zero-order chi connectivity index (χ0) is 17.0. The Hall–Kier alpha value is -1.78. The number of carboxylic acid groups (broad SMARTS) is 1. The molecule has 0 aliphatic heterocycles. The minimum Gasteiger partial charge on any atom is -0.480 e. The lowest BCUT2D eigenvalue weighted by Crippen LogP contribution is -2.32. The molecule has 2 rings (SSSR count). The second kappa shape index (κ2) is 7.20. The van der Waals surface area contributed by atoms with Gasteiger partial charge in [-0.05, 0) is 23.6 Å². The Balaban J connectivity index is 2.46. The largest absolute Gasteiger partial charge is 0.480 e. The van der Waals surface area contributed by atoms with Crippen LogP contribution in [0.2, 0.25) is 5.02 Å². The van der Waals surface area contributed by atoms with Gasteiger partial charge in [0.05, 0.1) is 0 Å². The molecule has 0 aliphatic rings. The molecule has 1 N–H and O–H groups in total. The highest BCUT2D eigenvalue weighted by atomic mass is 35.5. The van der Waals surface area contributed by atoms with Crippen LogP contribution in [0.4, 0.5) is 0 Å². The average Bonchev–Trinajstić information content (AvgIpc) is 2.53. The molecule has 0 aliphatic carbocycles. The highest BCUT2D eigenvalue weighted by molar-refractivity contribution is 8.14. The van der Waals surface area contributed by atoms with E-state index in [1.807, 2.05) is 36.4 Å². The molecule has 1 unspecified atom stereocenters. The van der Waals surface area contributed by atoms with E-state index in [9.17, 15) is 14.7 Å². The molecule has 0 spiro atoms. The van der Waals surface area contributed by atoms with Crippen molar-refractivity contribution in [3.8, 4) is 11.1 Å². The van der Waals surface area contributed by atoms with Crippen LogP contribution < -0.4 is 0 Å². The van der Waals surface area contributed by atoms with Crippen LogP contribution in [-0.4, -0.2) is 16.2 Å². The maximum absolute atomic E-state index is 11.8. The monoisotopic (exact) mass is 348 g/mol. The number of halogens is 1. The van der Waals surface area contributed by atoms with Gasteiger partial charge in [0.2, 0.25) is 0 Å².